The highest BCUT2D eigenvalue weighted by Crippen LogP contribution is 2.31. The molecule has 2 aromatic rings. The van der Waals surface area contributed by atoms with Gasteiger partial charge in [0.2, 0.25) is 0 Å². The number of allylic oxidation sites excluding steroid dienone is 1. The SMILES string of the molecule is CCCC/C=C/c1ccc(C#Cc2ccc(CCC3CCC(C)CC3)cc2)cc1. The molecular formula is C29H36. The largest absolute Gasteiger partial charge is 0.0839 e. The Labute approximate surface area is 178 Å². The van der Waals surface area contributed by atoms with Crippen LogP contribution in [0.3, 0.4) is 0 Å². The Morgan fingerprint density at radius 2 is 1.48 bits per heavy atom. The van der Waals surface area contributed by atoms with Crippen molar-refractivity contribution >= 4 is 6.08 Å². The summed E-state index contributed by atoms with van der Waals surface area (Å²) in [5.74, 6) is 8.49. The van der Waals surface area contributed by atoms with Gasteiger partial charge in [0, 0.05) is 11.1 Å². The zero-order valence-electron chi connectivity index (χ0n) is 18.3. The van der Waals surface area contributed by atoms with Crippen molar-refractivity contribution in [2.45, 2.75) is 71.6 Å². The fourth-order valence-electron chi connectivity index (χ4n) is 4.11. The van der Waals surface area contributed by atoms with Crippen molar-refractivity contribution in [3.8, 4) is 11.8 Å². The van der Waals surface area contributed by atoms with E-state index in [-0.39, 0.29) is 0 Å². The molecule has 0 amide bonds. The topological polar surface area (TPSA) is 0 Å². The van der Waals surface area contributed by atoms with Crippen LogP contribution in [-0.4, -0.2) is 0 Å². The first-order valence-corrected chi connectivity index (χ1v) is 11.6. The number of unbranched alkanes of at least 4 members (excludes halogenated alkanes) is 2. The first kappa shape index (κ1) is 21.4. The average Bonchev–Trinajstić information content (AvgIpc) is 2.76. The third-order valence-corrected chi connectivity index (χ3v) is 6.23. The zero-order valence-corrected chi connectivity index (χ0v) is 18.3. The summed E-state index contributed by atoms with van der Waals surface area (Å²) < 4.78 is 0. The van der Waals surface area contributed by atoms with Crippen LogP contribution in [0.2, 0.25) is 0 Å². The normalized spacial score (nSPS) is 19.1. The van der Waals surface area contributed by atoms with Crippen molar-refractivity contribution in [1.82, 2.24) is 0 Å². The number of benzene rings is 2. The lowest BCUT2D eigenvalue weighted by Crippen LogP contribution is -2.12. The predicted octanol–water partition coefficient (Wildman–Crippen LogP) is 8.05. The molecule has 0 bridgehead atoms. The molecule has 0 nitrogen and oxygen atoms in total. The van der Waals surface area contributed by atoms with Gasteiger partial charge in [-0.25, -0.2) is 0 Å². The monoisotopic (exact) mass is 384 g/mol. The molecule has 0 radical (unpaired) electrons. The maximum atomic E-state index is 3.31. The van der Waals surface area contributed by atoms with Crippen LogP contribution >= 0.6 is 0 Å². The lowest BCUT2D eigenvalue weighted by molar-refractivity contribution is 0.278. The third kappa shape index (κ3) is 7.58. The van der Waals surface area contributed by atoms with E-state index in [0.717, 1.165) is 29.4 Å². The van der Waals surface area contributed by atoms with E-state index < -0.39 is 0 Å². The van der Waals surface area contributed by atoms with E-state index in [1.54, 1.807) is 0 Å². The van der Waals surface area contributed by atoms with Crippen molar-refractivity contribution in [3.63, 3.8) is 0 Å². The van der Waals surface area contributed by atoms with Crippen molar-refractivity contribution in [2.75, 3.05) is 0 Å². The van der Waals surface area contributed by atoms with Gasteiger partial charge in [0.05, 0.1) is 0 Å². The van der Waals surface area contributed by atoms with Crippen LogP contribution in [0.25, 0.3) is 6.08 Å². The van der Waals surface area contributed by atoms with E-state index in [9.17, 15) is 0 Å². The maximum Gasteiger partial charge on any atom is 0.0249 e. The van der Waals surface area contributed by atoms with Crippen LogP contribution in [0.1, 0.15) is 87.5 Å². The second-order valence-electron chi connectivity index (χ2n) is 8.78. The number of hydrogen-bond acceptors (Lipinski definition) is 0. The van der Waals surface area contributed by atoms with E-state index in [2.05, 4.69) is 86.4 Å². The smallest absolute Gasteiger partial charge is 0.0249 e. The molecule has 0 heterocycles. The average molecular weight is 385 g/mol. The Morgan fingerprint density at radius 1 is 0.862 bits per heavy atom. The molecule has 0 saturated heterocycles. The molecule has 0 aliphatic heterocycles. The van der Waals surface area contributed by atoms with Crippen LogP contribution < -0.4 is 0 Å². The number of rotatable bonds is 7. The fourth-order valence-corrected chi connectivity index (χ4v) is 4.11. The highest BCUT2D eigenvalue weighted by molar-refractivity contribution is 5.52. The minimum absolute atomic E-state index is 0.940. The lowest BCUT2D eigenvalue weighted by atomic mass is 9.80. The van der Waals surface area contributed by atoms with Crippen LogP contribution in [0.4, 0.5) is 0 Å². The summed E-state index contributed by atoms with van der Waals surface area (Å²) in [6, 6.07) is 17.4. The summed E-state index contributed by atoms with van der Waals surface area (Å²) in [5.41, 5.74) is 4.88. The van der Waals surface area contributed by atoms with Gasteiger partial charge in [-0.3, -0.25) is 0 Å². The molecule has 152 valence electrons. The number of hydrogen-bond donors (Lipinski definition) is 0. The lowest BCUT2D eigenvalue weighted by Gasteiger charge is -2.26. The molecule has 1 fully saturated rings. The summed E-state index contributed by atoms with van der Waals surface area (Å²) in [4.78, 5) is 0. The summed E-state index contributed by atoms with van der Waals surface area (Å²) in [6.07, 6.45) is 16.4. The molecule has 2 aromatic carbocycles. The Morgan fingerprint density at radius 3 is 2.10 bits per heavy atom. The highest BCUT2D eigenvalue weighted by Gasteiger charge is 2.17. The van der Waals surface area contributed by atoms with Crippen molar-refractivity contribution < 1.29 is 0 Å². The maximum absolute atomic E-state index is 3.31. The minimum atomic E-state index is 0.940. The van der Waals surface area contributed by atoms with Crippen molar-refractivity contribution in [1.29, 1.82) is 0 Å². The summed E-state index contributed by atoms with van der Waals surface area (Å²) in [7, 11) is 0. The molecule has 29 heavy (non-hydrogen) atoms. The molecule has 1 saturated carbocycles. The van der Waals surface area contributed by atoms with Gasteiger partial charge in [-0.2, -0.15) is 0 Å². The van der Waals surface area contributed by atoms with Gasteiger partial charge in [0.15, 0.2) is 0 Å². The molecule has 1 aliphatic rings. The van der Waals surface area contributed by atoms with E-state index in [1.165, 1.54) is 62.5 Å². The highest BCUT2D eigenvalue weighted by atomic mass is 14.2. The number of aryl methyl sites for hydroxylation is 1. The third-order valence-electron chi connectivity index (χ3n) is 6.23. The van der Waals surface area contributed by atoms with Gasteiger partial charge in [0.25, 0.3) is 0 Å². The predicted molar refractivity (Wildman–Crippen MR) is 127 cm³/mol. The second-order valence-corrected chi connectivity index (χ2v) is 8.78. The van der Waals surface area contributed by atoms with E-state index in [4.69, 9.17) is 0 Å². The second kappa shape index (κ2) is 11.7. The molecule has 0 heteroatoms. The summed E-state index contributed by atoms with van der Waals surface area (Å²) in [5, 5.41) is 0. The molecule has 3 rings (SSSR count). The molecule has 0 atom stereocenters. The fraction of sp³-hybridized carbons (Fsp3) is 0.448. The van der Waals surface area contributed by atoms with Gasteiger partial charge >= 0.3 is 0 Å². The van der Waals surface area contributed by atoms with Gasteiger partial charge in [-0.15, -0.1) is 0 Å². The van der Waals surface area contributed by atoms with Crippen LogP contribution in [0.15, 0.2) is 54.6 Å². The Hall–Kier alpha value is -2.26. The van der Waals surface area contributed by atoms with Crippen LogP contribution in [-0.2, 0) is 6.42 Å². The molecule has 1 aliphatic carbocycles. The first-order valence-electron chi connectivity index (χ1n) is 11.6. The van der Waals surface area contributed by atoms with Crippen LogP contribution in [0, 0.1) is 23.7 Å². The first-order chi connectivity index (χ1) is 14.2. The van der Waals surface area contributed by atoms with Gasteiger partial charge in [0.1, 0.15) is 0 Å². The molecular weight excluding hydrogens is 348 g/mol. The van der Waals surface area contributed by atoms with E-state index in [0.29, 0.717) is 0 Å². The Balaban J connectivity index is 1.48. The van der Waals surface area contributed by atoms with Crippen molar-refractivity contribution in [3.05, 3.63) is 76.9 Å². The molecule has 0 spiro atoms. The molecule has 0 aromatic heterocycles. The summed E-state index contributed by atoms with van der Waals surface area (Å²) in [6.45, 7) is 4.63. The van der Waals surface area contributed by atoms with Gasteiger partial charge in [-0.05, 0) is 66.5 Å². The quantitative estimate of drug-likeness (QED) is 0.334. The minimum Gasteiger partial charge on any atom is -0.0839 e. The van der Waals surface area contributed by atoms with Gasteiger partial charge in [-0.1, -0.05) is 101 Å². The molecule has 0 N–H and O–H groups in total. The van der Waals surface area contributed by atoms with Crippen LogP contribution in [0.5, 0.6) is 0 Å². The van der Waals surface area contributed by atoms with Gasteiger partial charge < -0.3 is 0 Å². The van der Waals surface area contributed by atoms with Crippen molar-refractivity contribution in [2.24, 2.45) is 11.8 Å². The van der Waals surface area contributed by atoms with E-state index in [1.807, 2.05) is 0 Å². The Bertz CT molecular complexity index is 803. The Kier molecular flexibility index (Phi) is 8.63. The zero-order chi connectivity index (χ0) is 20.3. The van der Waals surface area contributed by atoms with E-state index >= 15 is 0 Å². The standard InChI is InChI=1S/C29H36/c1-3-4-5-6-7-25-12-14-27(15-13-25)18-19-29-22-20-28(21-23-29)17-16-26-10-8-24(2)9-11-26/h6-7,12-15,20-24,26H,3-5,8-11,16-17H2,1-2H3/b7-6+. The summed E-state index contributed by atoms with van der Waals surface area (Å²) >= 11 is 0. The molecule has 0 unspecified atom stereocenters.